The minimum Gasteiger partial charge on any atom is -0.309 e. The summed E-state index contributed by atoms with van der Waals surface area (Å²) in [6.07, 6.45) is 0. The Morgan fingerprint density at radius 2 is 1.34 bits per heavy atom. The first-order valence-corrected chi connectivity index (χ1v) is 11.3. The summed E-state index contributed by atoms with van der Waals surface area (Å²) in [4.78, 5) is 0. The first kappa shape index (κ1) is 17.8. The standard InChI is InChI=1S/C31H23N/c1-31(2)25-16-8-6-15-23(25)29-28-20(11-10-17-26(28)31)19-24-22-14-7-9-18-27(22)32(30(24)29)21-12-4-3-5-13-21/h3-19H,1-2H3. The average molecular weight is 410 g/mol. The molecule has 0 atom stereocenters. The molecule has 0 spiro atoms. The molecule has 5 aromatic carbocycles. The lowest BCUT2D eigenvalue weighted by atomic mass is 9.68. The van der Waals surface area contributed by atoms with Gasteiger partial charge in [0, 0.05) is 27.4 Å². The Kier molecular flexibility index (Phi) is 3.40. The number of aromatic nitrogens is 1. The molecule has 0 radical (unpaired) electrons. The molecule has 0 bridgehead atoms. The van der Waals surface area contributed by atoms with Crippen molar-refractivity contribution in [2.24, 2.45) is 0 Å². The van der Waals surface area contributed by atoms with Gasteiger partial charge in [-0.3, -0.25) is 0 Å². The summed E-state index contributed by atoms with van der Waals surface area (Å²) in [5.74, 6) is 0. The molecule has 0 unspecified atom stereocenters. The van der Waals surface area contributed by atoms with E-state index in [1.807, 2.05) is 0 Å². The topological polar surface area (TPSA) is 4.93 Å². The van der Waals surface area contributed by atoms with E-state index in [2.05, 4.69) is 122 Å². The Bertz CT molecular complexity index is 1680. The fraction of sp³-hybridized carbons (Fsp3) is 0.0968. The molecule has 0 saturated carbocycles. The second-order valence-electron chi connectivity index (χ2n) is 9.41. The Hall–Kier alpha value is -3.84. The highest BCUT2D eigenvalue weighted by Crippen LogP contribution is 2.52. The van der Waals surface area contributed by atoms with Crippen molar-refractivity contribution < 1.29 is 0 Å². The second kappa shape index (κ2) is 6.11. The Labute approximate surface area is 187 Å². The Morgan fingerprint density at radius 3 is 2.22 bits per heavy atom. The van der Waals surface area contributed by atoms with E-state index in [0.29, 0.717) is 0 Å². The van der Waals surface area contributed by atoms with Gasteiger partial charge in [0.2, 0.25) is 0 Å². The van der Waals surface area contributed by atoms with Gasteiger partial charge >= 0.3 is 0 Å². The first-order chi connectivity index (χ1) is 15.7. The average Bonchev–Trinajstić information content (AvgIpc) is 3.16. The number of para-hydroxylation sites is 2. The molecular formula is C31H23N. The summed E-state index contributed by atoms with van der Waals surface area (Å²) in [7, 11) is 0. The van der Waals surface area contributed by atoms with Crippen LogP contribution in [0.15, 0.2) is 103 Å². The van der Waals surface area contributed by atoms with E-state index in [1.54, 1.807) is 0 Å². The van der Waals surface area contributed by atoms with Crippen molar-refractivity contribution in [2.75, 3.05) is 0 Å². The SMILES string of the molecule is CC1(C)c2ccccc2-c2c3c1cccc3cc1c3ccccc3n(-c3ccccc3)c21. The van der Waals surface area contributed by atoms with Crippen molar-refractivity contribution in [2.45, 2.75) is 19.3 Å². The molecule has 0 saturated heterocycles. The highest BCUT2D eigenvalue weighted by molar-refractivity contribution is 6.22. The van der Waals surface area contributed by atoms with E-state index < -0.39 is 0 Å². The van der Waals surface area contributed by atoms with Crippen LogP contribution in [0.1, 0.15) is 25.0 Å². The fourth-order valence-electron chi connectivity index (χ4n) is 5.92. The summed E-state index contributed by atoms with van der Waals surface area (Å²) < 4.78 is 2.46. The number of nitrogens with zero attached hydrogens (tertiary/aromatic N) is 1. The van der Waals surface area contributed by atoms with E-state index in [4.69, 9.17) is 0 Å². The van der Waals surface area contributed by atoms with Crippen LogP contribution in [0.2, 0.25) is 0 Å². The summed E-state index contributed by atoms with van der Waals surface area (Å²) in [6, 6.07) is 37.8. The van der Waals surface area contributed by atoms with Crippen LogP contribution in [0.5, 0.6) is 0 Å². The maximum atomic E-state index is 2.46. The molecule has 1 nitrogen and oxygen atoms in total. The summed E-state index contributed by atoms with van der Waals surface area (Å²) in [5, 5.41) is 5.34. The van der Waals surface area contributed by atoms with Crippen molar-refractivity contribution in [3.05, 3.63) is 114 Å². The lowest BCUT2D eigenvalue weighted by Gasteiger charge is -2.35. The third-order valence-corrected chi connectivity index (χ3v) is 7.35. The normalized spacial score (nSPS) is 14.2. The molecule has 1 heteroatoms. The predicted octanol–water partition coefficient (Wildman–Crippen LogP) is 8.24. The Morgan fingerprint density at radius 1 is 0.625 bits per heavy atom. The van der Waals surface area contributed by atoms with Crippen LogP contribution in [-0.4, -0.2) is 4.57 Å². The molecule has 1 aliphatic rings. The highest BCUT2D eigenvalue weighted by Gasteiger charge is 2.35. The quantitative estimate of drug-likeness (QED) is 0.258. The van der Waals surface area contributed by atoms with Crippen molar-refractivity contribution >= 4 is 32.6 Å². The van der Waals surface area contributed by atoms with Crippen molar-refractivity contribution in [1.29, 1.82) is 0 Å². The van der Waals surface area contributed by atoms with Crippen LogP contribution < -0.4 is 0 Å². The number of fused-ring (bicyclic) bond motifs is 6. The van der Waals surface area contributed by atoms with Gasteiger partial charge in [0.15, 0.2) is 0 Å². The van der Waals surface area contributed by atoms with E-state index in [1.165, 1.54) is 60.5 Å². The number of hydrogen-bond donors (Lipinski definition) is 0. The van der Waals surface area contributed by atoms with Gasteiger partial charge in [-0.05, 0) is 51.7 Å². The van der Waals surface area contributed by atoms with Crippen molar-refractivity contribution in [3.63, 3.8) is 0 Å². The minimum atomic E-state index is -0.0413. The van der Waals surface area contributed by atoms with Crippen LogP contribution in [-0.2, 0) is 5.41 Å². The maximum Gasteiger partial charge on any atom is 0.0626 e. The van der Waals surface area contributed by atoms with Crippen molar-refractivity contribution in [3.8, 4) is 16.8 Å². The molecule has 0 fully saturated rings. The largest absolute Gasteiger partial charge is 0.309 e. The Balaban J connectivity index is 1.83. The van der Waals surface area contributed by atoms with Crippen LogP contribution in [0, 0.1) is 0 Å². The smallest absolute Gasteiger partial charge is 0.0626 e. The van der Waals surface area contributed by atoms with Gasteiger partial charge in [0.05, 0.1) is 11.0 Å². The molecule has 0 amide bonds. The predicted molar refractivity (Wildman–Crippen MR) is 136 cm³/mol. The van der Waals surface area contributed by atoms with Crippen LogP contribution >= 0.6 is 0 Å². The van der Waals surface area contributed by atoms with Crippen molar-refractivity contribution in [1.82, 2.24) is 4.57 Å². The number of benzene rings is 5. The van der Waals surface area contributed by atoms with Gasteiger partial charge in [-0.25, -0.2) is 0 Å². The zero-order chi connectivity index (χ0) is 21.4. The molecule has 152 valence electrons. The molecule has 1 aromatic heterocycles. The molecule has 0 N–H and O–H groups in total. The first-order valence-electron chi connectivity index (χ1n) is 11.3. The van der Waals surface area contributed by atoms with Gasteiger partial charge in [-0.15, -0.1) is 0 Å². The van der Waals surface area contributed by atoms with E-state index in [9.17, 15) is 0 Å². The van der Waals surface area contributed by atoms with E-state index >= 15 is 0 Å². The summed E-state index contributed by atoms with van der Waals surface area (Å²) in [5.41, 5.74) is 9.25. The van der Waals surface area contributed by atoms with Gasteiger partial charge in [-0.2, -0.15) is 0 Å². The van der Waals surface area contributed by atoms with Gasteiger partial charge in [-0.1, -0.05) is 92.7 Å². The fourth-order valence-corrected chi connectivity index (χ4v) is 5.92. The molecule has 0 aliphatic heterocycles. The maximum absolute atomic E-state index is 2.46. The van der Waals surface area contributed by atoms with Crippen LogP contribution in [0.3, 0.4) is 0 Å². The molecule has 7 rings (SSSR count). The number of rotatable bonds is 1. The van der Waals surface area contributed by atoms with Gasteiger partial charge in [0.1, 0.15) is 0 Å². The molecule has 1 aliphatic carbocycles. The minimum absolute atomic E-state index is 0.0413. The highest BCUT2D eigenvalue weighted by atomic mass is 15.0. The zero-order valence-electron chi connectivity index (χ0n) is 18.3. The molecule has 6 aromatic rings. The van der Waals surface area contributed by atoms with E-state index in [0.717, 1.165) is 0 Å². The van der Waals surface area contributed by atoms with Gasteiger partial charge in [0.25, 0.3) is 0 Å². The van der Waals surface area contributed by atoms with Crippen LogP contribution in [0.4, 0.5) is 0 Å². The third kappa shape index (κ3) is 2.13. The lowest BCUT2D eigenvalue weighted by molar-refractivity contribution is 0.645. The molecular weight excluding hydrogens is 386 g/mol. The second-order valence-corrected chi connectivity index (χ2v) is 9.41. The molecule has 32 heavy (non-hydrogen) atoms. The summed E-state index contributed by atoms with van der Waals surface area (Å²) >= 11 is 0. The summed E-state index contributed by atoms with van der Waals surface area (Å²) in [6.45, 7) is 4.72. The zero-order valence-corrected chi connectivity index (χ0v) is 18.3. The lowest BCUT2D eigenvalue weighted by Crippen LogP contribution is -2.23. The van der Waals surface area contributed by atoms with E-state index in [-0.39, 0.29) is 5.41 Å². The third-order valence-electron chi connectivity index (χ3n) is 7.35. The molecule has 1 heterocycles. The monoisotopic (exact) mass is 409 g/mol. The van der Waals surface area contributed by atoms with Gasteiger partial charge < -0.3 is 4.57 Å². The van der Waals surface area contributed by atoms with Crippen LogP contribution in [0.25, 0.3) is 49.4 Å². The number of hydrogen-bond acceptors (Lipinski definition) is 0.